The third-order valence-electron chi connectivity index (χ3n) is 6.44. The van der Waals surface area contributed by atoms with Gasteiger partial charge in [0.15, 0.2) is 5.43 Å². The number of hydrogen-bond acceptors (Lipinski definition) is 9. The molecule has 1 aromatic carbocycles. The van der Waals surface area contributed by atoms with Gasteiger partial charge < -0.3 is 29.8 Å². The van der Waals surface area contributed by atoms with Crippen molar-refractivity contribution in [3.05, 3.63) is 69.2 Å². The smallest absolute Gasteiger partial charge is 0.333 e. The number of aliphatic hydroxyl groups excluding tert-OH is 1. The number of nitrogen functional groups attached to an aromatic ring is 1. The van der Waals surface area contributed by atoms with Crippen molar-refractivity contribution >= 4 is 22.8 Å². The molecule has 0 radical (unpaired) electrons. The molecule has 0 saturated heterocycles. The van der Waals surface area contributed by atoms with E-state index in [1.54, 1.807) is 32.2 Å². The summed E-state index contributed by atoms with van der Waals surface area (Å²) in [6.45, 7) is 4.78. The van der Waals surface area contributed by atoms with E-state index in [4.69, 9.17) is 19.6 Å². The number of allylic oxidation sites excluding steroid dienone is 1. The van der Waals surface area contributed by atoms with Crippen LogP contribution in [-0.2, 0) is 29.0 Å². The van der Waals surface area contributed by atoms with E-state index in [0.717, 1.165) is 11.6 Å². The van der Waals surface area contributed by atoms with Gasteiger partial charge in [0.2, 0.25) is 0 Å². The van der Waals surface area contributed by atoms with Gasteiger partial charge in [0.1, 0.15) is 52.4 Å². The van der Waals surface area contributed by atoms with Crippen molar-refractivity contribution in [1.82, 2.24) is 4.98 Å². The number of rotatable bonds is 6. The average molecular weight is 481 g/mol. The molecular formula is C26H28N2O7. The van der Waals surface area contributed by atoms with Gasteiger partial charge in [-0.3, -0.25) is 4.79 Å². The second-order valence-corrected chi connectivity index (χ2v) is 8.89. The molecule has 1 aliphatic rings. The van der Waals surface area contributed by atoms with Crippen molar-refractivity contribution < 1.29 is 28.9 Å². The summed E-state index contributed by atoms with van der Waals surface area (Å²) in [5, 5.41) is 20.4. The number of nitrogens with two attached hydrogens (primary N) is 1. The summed E-state index contributed by atoms with van der Waals surface area (Å²) in [5.41, 5.74) is 6.06. The molecule has 9 nitrogen and oxygen atoms in total. The molecule has 2 unspecified atom stereocenters. The Hall–Kier alpha value is -3.85. The summed E-state index contributed by atoms with van der Waals surface area (Å²) in [5.74, 6) is 0.0373. The first-order valence-electron chi connectivity index (χ1n) is 11.3. The van der Waals surface area contributed by atoms with E-state index in [1.807, 2.05) is 13.0 Å². The first-order chi connectivity index (χ1) is 16.6. The quantitative estimate of drug-likeness (QED) is 0.358. The van der Waals surface area contributed by atoms with E-state index >= 15 is 0 Å². The molecule has 4 N–H and O–H groups in total. The lowest BCUT2D eigenvalue weighted by Crippen LogP contribution is -2.51. The van der Waals surface area contributed by atoms with E-state index in [9.17, 15) is 19.8 Å². The molecule has 2 atom stereocenters. The zero-order chi connectivity index (χ0) is 25.3. The summed E-state index contributed by atoms with van der Waals surface area (Å²) in [7, 11) is 0. The molecule has 0 fully saturated rings. The number of phenols is 1. The van der Waals surface area contributed by atoms with Gasteiger partial charge in [-0.1, -0.05) is 12.1 Å². The molecule has 35 heavy (non-hydrogen) atoms. The minimum atomic E-state index is -0.965. The van der Waals surface area contributed by atoms with Crippen molar-refractivity contribution in [2.75, 3.05) is 5.73 Å². The Morgan fingerprint density at radius 3 is 2.80 bits per heavy atom. The molecule has 3 aromatic rings. The number of fused-ring (bicyclic) bond motifs is 2. The van der Waals surface area contributed by atoms with Crippen molar-refractivity contribution in [2.45, 2.75) is 58.3 Å². The molecular weight excluding hydrogens is 452 g/mol. The maximum Gasteiger partial charge on any atom is 0.333 e. The largest absolute Gasteiger partial charge is 0.507 e. The van der Waals surface area contributed by atoms with E-state index < -0.39 is 29.7 Å². The maximum absolute atomic E-state index is 12.7. The van der Waals surface area contributed by atoms with Crippen LogP contribution >= 0.6 is 0 Å². The Labute approximate surface area is 201 Å². The van der Waals surface area contributed by atoms with E-state index in [0.29, 0.717) is 35.5 Å². The topological polar surface area (TPSA) is 145 Å². The molecule has 3 heterocycles. The number of aromatic hydroxyl groups is 1. The van der Waals surface area contributed by atoms with E-state index in [-0.39, 0.29) is 28.9 Å². The Morgan fingerprint density at radius 2 is 2.14 bits per heavy atom. The molecule has 4 rings (SSSR count). The molecule has 184 valence electrons. The fourth-order valence-electron chi connectivity index (χ4n) is 4.15. The molecule has 2 aromatic heterocycles. The normalized spacial score (nSPS) is 19.8. The van der Waals surface area contributed by atoms with Crippen LogP contribution in [0.2, 0.25) is 0 Å². The van der Waals surface area contributed by atoms with Gasteiger partial charge in [-0.15, -0.1) is 0 Å². The van der Waals surface area contributed by atoms with Crippen LogP contribution in [0.3, 0.4) is 0 Å². The van der Waals surface area contributed by atoms with Crippen LogP contribution in [0.4, 0.5) is 5.82 Å². The molecule has 0 bridgehead atoms. The summed E-state index contributed by atoms with van der Waals surface area (Å²) >= 11 is 0. The lowest BCUT2D eigenvalue weighted by molar-refractivity contribution is -0.158. The van der Waals surface area contributed by atoms with Gasteiger partial charge in [-0.25, -0.2) is 9.78 Å². The number of nitrogens with zero attached hydrogens (tertiary/aromatic N) is 1. The Bertz CT molecular complexity index is 1360. The average Bonchev–Trinajstić information content (AvgIpc) is 2.83. The number of aromatic nitrogens is 1. The zero-order valence-electron chi connectivity index (χ0n) is 19.8. The maximum atomic E-state index is 12.7. The number of carbonyl (C=O) groups is 1. The molecule has 1 aliphatic heterocycles. The van der Waals surface area contributed by atoms with Gasteiger partial charge >= 0.3 is 5.97 Å². The van der Waals surface area contributed by atoms with Crippen LogP contribution in [-0.4, -0.2) is 32.9 Å². The number of hydrogen-bond donors (Lipinski definition) is 3. The Balaban J connectivity index is 1.76. The van der Waals surface area contributed by atoms with Crippen LogP contribution in [0.1, 0.15) is 44.1 Å². The highest BCUT2D eigenvalue weighted by Crippen LogP contribution is 2.44. The number of esters is 1. The number of benzene rings is 1. The minimum Gasteiger partial charge on any atom is -0.507 e. The van der Waals surface area contributed by atoms with Crippen LogP contribution < -0.4 is 15.9 Å². The second-order valence-electron chi connectivity index (χ2n) is 8.89. The Morgan fingerprint density at radius 1 is 1.37 bits per heavy atom. The van der Waals surface area contributed by atoms with Crippen molar-refractivity contribution in [3.8, 4) is 11.5 Å². The number of aliphatic hydroxyl groups is 1. The third-order valence-corrected chi connectivity index (χ3v) is 6.44. The van der Waals surface area contributed by atoms with Crippen molar-refractivity contribution in [2.24, 2.45) is 0 Å². The fraction of sp³-hybridized carbons (Fsp3) is 0.346. The SMILES string of the molecule is CC=C(C)C(=O)OC1Cc2c(cc3oc(CO)cc(=O)c3c2O)OC1(C)CCc1ccc(N)nc1. The predicted molar refractivity (Wildman–Crippen MR) is 129 cm³/mol. The summed E-state index contributed by atoms with van der Waals surface area (Å²) in [6, 6.07) is 6.25. The van der Waals surface area contributed by atoms with Crippen molar-refractivity contribution in [3.63, 3.8) is 0 Å². The molecule has 0 saturated carbocycles. The first-order valence-corrected chi connectivity index (χ1v) is 11.3. The highest BCUT2D eigenvalue weighted by molar-refractivity contribution is 5.88. The molecule has 0 amide bonds. The third kappa shape index (κ3) is 4.72. The number of aryl methyl sites for hydroxylation is 1. The summed E-state index contributed by atoms with van der Waals surface area (Å²) < 4.78 is 17.8. The number of ether oxygens (including phenoxy) is 2. The highest BCUT2D eigenvalue weighted by atomic mass is 16.6. The second kappa shape index (κ2) is 9.42. The van der Waals surface area contributed by atoms with Crippen molar-refractivity contribution in [1.29, 1.82) is 0 Å². The monoisotopic (exact) mass is 480 g/mol. The first kappa shape index (κ1) is 24.3. The summed E-state index contributed by atoms with van der Waals surface area (Å²) in [4.78, 5) is 29.4. The van der Waals surface area contributed by atoms with Crippen LogP contribution in [0, 0.1) is 0 Å². The Kier molecular flexibility index (Phi) is 6.53. The predicted octanol–water partition coefficient (Wildman–Crippen LogP) is 3.17. The van der Waals surface area contributed by atoms with Crippen LogP contribution in [0.15, 0.2) is 51.3 Å². The zero-order valence-corrected chi connectivity index (χ0v) is 19.8. The van der Waals surface area contributed by atoms with Gasteiger partial charge in [0.05, 0.1) is 0 Å². The molecule has 0 spiro atoms. The van der Waals surface area contributed by atoms with E-state index in [2.05, 4.69) is 4.98 Å². The lowest BCUT2D eigenvalue weighted by atomic mass is 9.84. The number of phenolic OH excluding ortho intramolecular Hbond substituents is 1. The van der Waals surface area contributed by atoms with Gasteiger partial charge in [0.25, 0.3) is 0 Å². The standard InChI is InChI=1S/C26H28N2O7/c1-4-14(2)25(32)34-21-10-17-19(11-20-23(24(17)31)18(30)9-16(13-29)33-20)35-26(21,3)8-7-15-5-6-22(27)28-12-15/h4-6,9,11-12,21,29,31H,7-8,10,13H2,1-3H3,(H2,27,28). The molecule has 9 heteroatoms. The number of pyridine rings is 1. The van der Waals surface area contributed by atoms with Gasteiger partial charge in [-0.05, 0) is 45.2 Å². The highest BCUT2D eigenvalue weighted by Gasteiger charge is 2.45. The van der Waals surface area contributed by atoms with Crippen LogP contribution in [0.25, 0.3) is 11.0 Å². The van der Waals surface area contributed by atoms with Crippen LogP contribution in [0.5, 0.6) is 11.5 Å². The fourth-order valence-corrected chi connectivity index (χ4v) is 4.15. The summed E-state index contributed by atoms with van der Waals surface area (Å²) in [6.07, 6.45) is 3.77. The van der Waals surface area contributed by atoms with Gasteiger partial charge in [-0.2, -0.15) is 0 Å². The number of carbonyl (C=O) groups excluding carboxylic acids is 1. The van der Waals surface area contributed by atoms with Gasteiger partial charge in [0, 0.05) is 35.9 Å². The minimum absolute atomic E-state index is 0.0178. The van der Waals surface area contributed by atoms with E-state index in [1.165, 1.54) is 6.07 Å². The lowest BCUT2D eigenvalue weighted by Gasteiger charge is -2.42. The number of anilines is 1. The molecule has 0 aliphatic carbocycles.